The number of carboxylic acid groups (broad SMARTS) is 1. The highest BCUT2D eigenvalue weighted by atomic mass is 16.7. The standard InChI is InChI=1S/C5H8O4.C2H6O2/c6-5(7)4-1-8-3-9-2-4;3-1-2-4/h4H,1-3H2,(H,6,7);3-4H,1-2H2. The minimum atomic E-state index is -0.852. The Morgan fingerprint density at radius 2 is 1.69 bits per heavy atom. The Hall–Kier alpha value is -0.690. The van der Waals surface area contributed by atoms with Gasteiger partial charge in [-0.25, -0.2) is 0 Å². The number of aliphatic carboxylic acids is 1. The molecule has 0 amide bonds. The maximum absolute atomic E-state index is 10.2. The molecule has 1 aliphatic rings. The molecule has 6 nitrogen and oxygen atoms in total. The zero-order valence-corrected chi connectivity index (χ0v) is 7.18. The minimum Gasteiger partial charge on any atom is -0.481 e. The average Bonchev–Trinajstić information content (AvgIpc) is 2.19. The molecule has 78 valence electrons. The van der Waals surface area contributed by atoms with E-state index in [0.717, 1.165) is 0 Å². The molecular weight excluding hydrogens is 180 g/mol. The Morgan fingerprint density at radius 1 is 1.23 bits per heavy atom. The van der Waals surface area contributed by atoms with Crippen molar-refractivity contribution in [2.45, 2.75) is 0 Å². The van der Waals surface area contributed by atoms with Crippen LogP contribution in [-0.4, -0.2) is 54.5 Å². The maximum atomic E-state index is 10.2. The van der Waals surface area contributed by atoms with Crippen LogP contribution in [0.1, 0.15) is 0 Å². The summed E-state index contributed by atoms with van der Waals surface area (Å²) in [4.78, 5) is 10.2. The lowest BCUT2D eigenvalue weighted by Gasteiger charge is -2.17. The summed E-state index contributed by atoms with van der Waals surface area (Å²) in [7, 11) is 0. The molecule has 0 aromatic rings. The fourth-order valence-electron chi connectivity index (χ4n) is 0.630. The van der Waals surface area contributed by atoms with Gasteiger partial charge < -0.3 is 24.8 Å². The average molecular weight is 194 g/mol. The second-order valence-corrected chi connectivity index (χ2v) is 2.34. The van der Waals surface area contributed by atoms with Gasteiger partial charge in [0.15, 0.2) is 0 Å². The van der Waals surface area contributed by atoms with Crippen LogP contribution in [0, 0.1) is 5.92 Å². The number of aliphatic hydroxyl groups excluding tert-OH is 2. The molecule has 0 bridgehead atoms. The molecule has 0 aliphatic carbocycles. The highest BCUT2D eigenvalue weighted by Gasteiger charge is 2.20. The minimum absolute atomic E-state index is 0.125. The number of carboxylic acids is 1. The zero-order valence-electron chi connectivity index (χ0n) is 7.18. The van der Waals surface area contributed by atoms with Gasteiger partial charge in [-0.15, -0.1) is 0 Å². The lowest BCUT2D eigenvalue weighted by molar-refractivity contribution is -0.165. The molecule has 1 saturated heterocycles. The molecule has 0 aromatic carbocycles. The van der Waals surface area contributed by atoms with Crippen molar-refractivity contribution in [2.24, 2.45) is 5.92 Å². The summed E-state index contributed by atoms with van der Waals surface area (Å²) in [5, 5.41) is 23.6. The smallest absolute Gasteiger partial charge is 0.311 e. The predicted molar refractivity (Wildman–Crippen MR) is 42.1 cm³/mol. The number of carbonyl (C=O) groups is 1. The van der Waals surface area contributed by atoms with Gasteiger partial charge in [0.2, 0.25) is 0 Å². The summed E-state index contributed by atoms with van der Waals surface area (Å²) in [5.41, 5.74) is 0. The fourth-order valence-corrected chi connectivity index (χ4v) is 0.630. The van der Waals surface area contributed by atoms with Gasteiger partial charge in [-0.2, -0.15) is 0 Å². The molecular formula is C7H14O6. The molecule has 13 heavy (non-hydrogen) atoms. The van der Waals surface area contributed by atoms with Crippen molar-refractivity contribution >= 4 is 5.97 Å². The number of hydrogen-bond donors (Lipinski definition) is 3. The Balaban J connectivity index is 0.000000310. The molecule has 6 heteroatoms. The van der Waals surface area contributed by atoms with Gasteiger partial charge in [0.25, 0.3) is 0 Å². The normalized spacial score (nSPS) is 17.4. The van der Waals surface area contributed by atoms with Crippen molar-refractivity contribution in [3.05, 3.63) is 0 Å². The van der Waals surface area contributed by atoms with Crippen LogP contribution in [0.15, 0.2) is 0 Å². The van der Waals surface area contributed by atoms with Crippen LogP contribution in [0.2, 0.25) is 0 Å². The molecule has 1 rings (SSSR count). The van der Waals surface area contributed by atoms with Gasteiger partial charge in [-0.3, -0.25) is 4.79 Å². The highest BCUT2D eigenvalue weighted by molar-refractivity contribution is 5.70. The zero-order chi connectivity index (χ0) is 10.1. The van der Waals surface area contributed by atoms with E-state index in [4.69, 9.17) is 24.8 Å². The van der Waals surface area contributed by atoms with E-state index >= 15 is 0 Å². The van der Waals surface area contributed by atoms with Crippen LogP contribution in [0.3, 0.4) is 0 Å². The first-order valence-corrected chi connectivity index (χ1v) is 3.82. The SMILES string of the molecule is O=C(O)C1COCOC1.OCCO. The monoisotopic (exact) mass is 194 g/mol. The highest BCUT2D eigenvalue weighted by Crippen LogP contribution is 2.04. The van der Waals surface area contributed by atoms with Crippen LogP contribution in [-0.2, 0) is 14.3 Å². The molecule has 1 heterocycles. The van der Waals surface area contributed by atoms with Gasteiger partial charge in [0, 0.05) is 0 Å². The third kappa shape index (κ3) is 6.47. The van der Waals surface area contributed by atoms with E-state index in [-0.39, 0.29) is 33.2 Å². The van der Waals surface area contributed by atoms with Crippen molar-refractivity contribution < 1.29 is 29.6 Å². The van der Waals surface area contributed by atoms with E-state index in [1.165, 1.54) is 0 Å². The second kappa shape index (κ2) is 7.93. The van der Waals surface area contributed by atoms with Crippen molar-refractivity contribution in [2.75, 3.05) is 33.2 Å². The number of aliphatic hydroxyl groups is 2. The van der Waals surface area contributed by atoms with Crippen molar-refractivity contribution in [1.82, 2.24) is 0 Å². The number of ether oxygens (including phenoxy) is 2. The summed E-state index contributed by atoms with van der Waals surface area (Å²) in [6.07, 6.45) is 0. The molecule has 0 saturated carbocycles. The molecule has 0 spiro atoms. The van der Waals surface area contributed by atoms with Crippen molar-refractivity contribution in [3.63, 3.8) is 0 Å². The number of hydrogen-bond acceptors (Lipinski definition) is 5. The molecule has 0 unspecified atom stereocenters. The van der Waals surface area contributed by atoms with Crippen LogP contribution in [0.5, 0.6) is 0 Å². The first kappa shape index (κ1) is 12.3. The van der Waals surface area contributed by atoms with Gasteiger partial charge >= 0.3 is 5.97 Å². The quantitative estimate of drug-likeness (QED) is 0.503. The van der Waals surface area contributed by atoms with Gasteiger partial charge in [0.1, 0.15) is 12.7 Å². The topological polar surface area (TPSA) is 96.2 Å². The lowest BCUT2D eigenvalue weighted by Crippen LogP contribution is -2.30. The van der Waals surface area contributed by atoms with Crippen LogP contribution in [0.4, 0.5) is 0 Å². The van der Waals surface area contributed by atoms with Crippen LogP contribution >= 0.6 is 0 Å². The van der Waals surface area contributed by atoms with E-state index in [1.54, 1.807) is 0 Å². The summed E-state index contributed by atoms with van der Waals surface area (Å²) < 4.78 is 9.48. The molecule has 1 fully saturated rings. The Kier molecular flexibility index (Phi) is 7.51. The Labute approximate surface area is 75.7 Å². The molecule has 0 aromatic heterocycles. The van der Waals surface area contributed by atoms with Gasteiger partial charge in [-0.1, -0.05) is 0 Å². The first-order chi connectivity index (χ1) is 6.22. The molecule has 0 radical (unpaired) electrons. The van der Waals surface area contributed by atoms with E-state index in [2.05, 4.69) is 0 Å². The van der Waals surface area contributed by atoms with Gasteiger partial charge in [0.05, 0.1) is 26.4 Å². The molecule has 3 N–H and O–H groups in total. The Morgan fingerprint density at radius 3 is 1.92 bits per heavy atom. The van der Waals surface area contributed by atoms with E-state index in [9.17, 15) is 4.79 Å². The first-order valence-electron chi connectivity index (χ1n) is 3.82. The van der Waals surface area contributed by atoms with E-state index < -0.39 is 11.9 Å². The Bertz CT molecular complexity index is 129. The fraction of sp³-hybridized carbons (Fsp3) is 0.857. The molecule has 1 aliphatic heterocycles. The van der Waals surface area contributed by atoms with Gasteiger partial charge in [-0.05, 0) is 0 Å². The second-order valence-electron chi connectivity index (χ2n) is 2.34. The van der Waals surface area contributed by atoms with E-state index in [1.807, 2.05) is 0 Å². The van der Waals surface area contributed by atoms with E-state index in [0.29, 0.717) is 0 Å². The summed E-state index contributed by atoms with van der Waals surface area (Å²) >= 11 is 0. The number of rotatable bonds is 2. The summed E-state index contributed by atoms with van der Waals surface area (Å²) in [5.74, 6) is -1.33. The third-order valence-corrected chi connectivity index (χ3v) is 1.25. The predicted octanol–water partition coefficient (Wildman–Crippen LogP) is -1.34. The largest absolute Gasteiger partial charge is 0.481 e. The van der Waals surface area contributed by atoms with Crippen LogP contribution in [0.25, 0.3) is 0 Å². The molecule has 0 atom stereocenters. The summed E-state index contributed by atoms with van der Waals surface area (Å²) in [6.45, 7) is 0.522. The van der Waals surface area contributed by atoms with Crippen molar-refractivity contribution in [1.29, 1.82) is 0 Å². The summed E-state index contributed by atoms with van der Waals surface area (Å²) in [6, 6.07) is 0. The third-order valence-electron chi connectivity index (χ3n) is 1.25. The van der Waals surface area contributed by atoms with Crippen molar-refractivity contribution in [3.8, 4) is 0 Å². The lowest BCUT2D eigenvalue weighted by atomic mass is 10.2. The van der Waals surface area contributed by atoms with Crippen LogP contribution < -0.4 is 0 Å². The maximum Gasteiger partial charge on any atom is 0.311 e.